The third-order valence-electron chi connectivity index (χ3n) is 4.64. The summed E-state index contributed by atoms with van der Waals surface area (Å²) >= 11 is 0. The number of nitrogens with one attached hydrogen (secondary N) is 2. The third-order valence-corrected chi connectivity index (χ3v) is 4.64. The molecule has 2 unspecified atom stereocenters. The predicted octanol–water partition coefficient (Wildman–Crippen LogP) is 0.975. The molecule has 1 aliphatic heterocycles. The van der Waals surface area contributed by atoms with Crippen molar-refractivity contribution in [3.63, 3.8) is 0 Å². The minimum absolute atomic E-state index is 0.197. The molecular weight excluding hydrogens is 226 g/mol. The molecule has 18 heavy (non-hydrogen) atoms. The monoisotopic (exact) mass is 253 g/mol. The van der Waals surface area contributed by atoms with E-state index < -0.39 is 0 Å². The predicted molar refractivity (Wildman–Crippen MR) is 73.5 cm³/mol. The molecule has 104 valence electrons. The fourth-order valence-corrected chi connectivity index (χ4v) is 3.07. The summed E-state index contributed by atoms with van der Waals surface area (Å²) in [5.41, 5.74) is -0.385. The summed E-state index contributed by atoms with van der Waals surface area (Å²) in [6.45, 7) is 10.2. The van der Waals surface area contributed by atoms with Crippen molar-refractivity contribution in [2.45, 2.75) is 51.6 Å². The SMILES string of the molecule is CC1CCCC1NC(=O)C(C)(C)N1CCNCC1. The molecule has 0 bridgehead atoms. The lowest BCUT2D eigenvalue weighted by atomic mass is 9.98. The van der Waals surface area contributed by atoms with Gasteiger partial charge < -0.3 is 10.6 Å². The molecule has 0 radical (unpaired) electrons. The topological polar surface area (TPSA) is 44.4 Å². The highest BCUT2D eigenvalue weighted by atomic mass is 16.2. The Morgan fingerprint density at radius 2 is 1.94 bits per heavy atom. The number of carbonyl (C=O) groups excluding carboxylic acids is 1. The Balaban J connectivity index is 1.93. The van der Waals surface area contributed by atoms with E-state index in [2.05, 4.69) is 22.5 Å². The lowest BCUT2D eigenvalue weighted by Gasteiger charge is -2.40. The zero-order chi connectivity index (χ0) is 13.2. The van der Waals surface area contributed by atoms with Crippen molar-refractivity contribution in [2.24, 2.45) is 5.92 Å². The van der Waals surface area contributed by atoms with E-state index in [0.29, 0.717) is 12.0 Å². The minimum Gasteiger partial charge on any atom is -0.352 e. The van der Waals surface area contributed by atoms with Gasteiger partial charge in [-0.1, -0.05) is 13.3 Å². The first kappa shape index (κ1) is 13.8. The third kappa shape index (κ3) is 2.86. The Kier molecular flexibility index (Phi) is 4.28. The summed E-state index contributed by atoms with van der Waals surface area (Å²) in [6, 6.07) is 0.389. The smallest absolute Gasteiger partial charge is 0.240 e. The number of hydrogen-bond donors (Lipinski definition) is 2. The van der Waals surface area contributed by atoms with E-state index >= 15 is 0 Å². The first-order valence-electron chi connectivity index (χ1n) is 7.28. The van der Waals surface area contributed by atoms with Crippen LogP contribution >= 0.6 is 0 Å². The molecule has 2 aliphatic rings. The highest BCUT2D eigenvalue weighted by Crippen LogP contribution is 2.26. The van der Waals surface area contributed by atoms with Gasteiger partial charge in [-0.25, -0.2) is 0 Å². The van der Waals surface area contributed by atoms with Gasteiger partial charge >= 0.3 is 0 Å². The highest BCUT2D eigenvalue weighted by Gasteiger charge is 2.37. The highest BCUT2D eigenvalue weighted by molar-refractivity contribution is 5.85. The summed E-state index contributed by atoms with van der Waals surface area (Å²) in [6.07, 6.45) is 3.64. The molecule has 1 amide bonds. The quantitative estimate of drug-likeness (QED) is 0.788. The molecule has 1 saturated heterocycles. The number of carbonyl (C=O) groups is 1. The number of rotatable bonds is 3. The van der Waals surface area contributed by atoms with Crippen molar-refractivity contribution in [3.05, 3.63) is 0 Å². The molecule has 2 fully saturated rings. The molecular formula is C14H27N3O. The summed E-state index contributed by atoms with van der Waals surface area (Å²) in [5, 5.41) is 6.60. The summed E-state index contributed by atoms with van der Waals surface area (Å²) in [7, 11) is 0. The van der Waals surface area contributed by atoms with Crippen LogP contribution in [0.25, 0.3) is 0 Å². The zero-order valence-corrected chi connectivity index (χ0v) is 12.0. The first-order chi connectivity index (χ1) is 8.51. The zero-order valence-electron chi connectivity index (χ0n) is 12.0. The van der Waals surface area contributed by atoms with Gasteiger partial charge in [0, 0.05) is 32.2 Å². The maximum atomic E-state index is 12.5. The van der Waals surface area contributed by atoms with E-state index in [1.54, 1.807) is 0 Å². The van der Waals surface area contributed by atoms with Crippen LogP contribution in [0.2, 0.25) is 0 Å². The molecule has 0 spiro atoms. The maximum absolute atomic E-state index is 12.5. The minimum atomic E-state index is -0.385. The van der Waals surface area contributed by atoms with Crippen molar-refractivity contribution < 1.29 is 4.79 Å². The van der Waals surface area contributed by atoms with E-state index in [0.717, 1.165) is 32.6 Å². The number of hydrogen-bond acceptors (Lipinski definition) is 3. The van der Waals surface area contributed by atoms with E-state index in [9.17, 15) is 4.79 Å². The van der Waals surface area contributed by atoms with E-state index in [1.807, 2.05) is 13.8 Å². The van der Waals surface area contributed by atoms with Gasteiger partial charge in [0.15, 0.2) is 0 Å². The average Bonchev–Trinajstić information content (AvgIpc) is 2.76. The van der Waals surface area contributed by atoms with Crippen molar-refractivity contribution >= 4 is 5.91 Å². The summed E-state index contributed by atoms with van der Waals surface area (Å²) in [4.78, 5) is 14.8. The Labute approximate surface area is 110 Å². The lowest BCUT2D eigenvalue weighted by molar-refractivity contribution is -0.133. The molecule has 0 aromatic carbocycles. The molecule has 2 N–H and O–H groups in total. The van der Waals surface area contributed by atoms with Gasteiger partial charge in [-0.3, -0.25) is 9.69 Å². The Bertz CT molecular complexity index is 297. The lowest BCUT2D eigenvalue weighted by Crippen LogP contribution is -2.61. The van der Waals surface area contributed by atoms with Gasteiger partial charge in [0.05, 0.1) is 5.54 Å². The largest absolute Gasteiger partial charge is 0.352 e. The van der Waals surface area contributed by atoms with Crippen molar-refractivity contribution in [1.82, 2.24) is 15.5 Å². The fraction of sp³-hybridized carbons (Fsp3) is 0.929. The average molecular weight is 253 g/mol. The number of piperazine rings is 1. The normalized spacial score (nSPS) is 30.4. The molecule has 2 rings (SSSR count). The first-order valence-corrected chi connectivity index (χ1v) is 7.28. The van der Waals surface area contributed by atoms with Crippen molar-refractivity contribution in [2.75, 3.05) is 26.2 Å². The number of nitrogens with zero attached hydrogens (tertiary/aromatic N) is 1. The Morgan fingerprint density at radius 3 is 2.50 bits per heavy atom. The van der Waals surface area contributed by atoms with E-state index in [4.69, 9.17) is 0 Å². The van der Waals surface area contributed by atoms with Crippen molar-refractivity contribution in [1.29, 1.82) is 0 Å². The van der Waals surface area contributed by atoms with E-state index in [1.165, 1.54) is 12.8 Å². The van der Waals surface area contributed by atoms with Gasteiger partial charge in [-0.15, -0.1) is 0 Å². The van der Waals surface area contributed by atoms with Crippen LogP contribution < -0.4 is 10.6 Å². The Morgan fingerprint density at radius 1 is 1.28 bits per heavy atom. The molecule has 0 aromatic rings. The molecule has 4 nitrogen and oxygen atoms in total. The van der Waals surface area contributed by atoms with Gasteiger partial charge in [0.1, 0.15) is 0 Å². The molecule has 1 heterocycles. The second-order valence-electron chi connectivity index (χ2n) is 6.28. The van der Waals surface area contributed by atoms with Crippen LogP contribution in [-0.2, 0) is 4.79 Å². The van der Waals surface area contributed by atoms with Crippen LogP contribution in [0, 0.1) is 5.92 Å². The van der Waals surface area contributed by atoms with Crippen molar-refractivity contribution in [3.8, 4) is 0 Å². The second-order valence-corrected chi connectivity index (χ2v) is 6.28. The van der Waals surface area contributed by atoms with E-state index in [-0.39, 0.29) is 11.4 Å². The molecule has 2 atom stereocenters. The van der Waals surface area contributed by atoms with Gasteiger partial charge in [0.25, 0.3) is 0 Å². The van der Waals surface area contributed by atoms with Gasteiger partial charge in [-0.05, 0) is 32.6 Å². The van der Waals surface area contributed by atoms with Crippen LogP contribution in [0.1, 0.15) is 40.0 Å². The fourth-order valence-electron chi connectivity index (χ4n) is 3.07. The van der Waals surface area contributed by atoms with Crippen LogP contribution in [-0.4, -0.2) is 48.6 Å². The maximum Gasteiger partial charge on any atom is 0.240 e. The molecule has 1 saturated carbocycles. The summed E-state index contributed by atoms with van der Waals surface area (Å²) < 4.78 is 0. The standard InChI is InChI=1S/C14H27N3O/c1-11-5-4-6-12(11)16-13(18)14(2,3)17-9-7-15-8-10-17/h11-12,15H,4-10H2,1-3H3,(H,16,18). The van der Waals surface area contributed by atoms with Gasteiger partial charge in [0.2, 0.25) is 5.91 Å². The second kappa shape index (κ2) is 5.57. The molecule has 1 aliphatic carbocycles. The molecule has 4 heteroatoms. The van der Waals surface area contributed by atoms with Crippen LogP contribution in [0.4, 0.5) is 0 Å². The van der Waals surface area contributed by atoms with Crippen LogP contribution in [0.15, 0.2) is 0 Å². The van der Waals surface area contributed by atoms with Gasteiger partial charge in [-0.2, -0.15) is 0 Å². The summed E-state index contributed by atoms with van der Waals surface area (Å²) in [5.74, 6) is 0.830. The number of amides is 1. The Hall–Kier alpha value is -0.610. The van der Waals surface area contributed by atoms with Crippen LogP contribution in [0.5, 0.6) is 0 Å². The molecule has 0 aromatic heterocycles. The van der Waals surface area contributed by atoms with Crippen LogP contribution in [0.3, 0.4) is 0 Å².